The molecule has 0 amide bonds. The Kier molecular flexibility index (Phi) is 8.68. The van der Waals surface area contributed by atoms with E-state index in [9.17, 15) is 19.5 Å². The summed E-state index contributed by atoms with van der Waals surface area (Å²) in [5, 5.41) is 12.7. The highest BCUT2D eigenvalue weighted by Gasteiger charge is 2.71. The van der Waals surface area contributed by atoms with Gasteiger partial charge in [0.05, 0.1) is 35.5 Å². The number of benzene rings is 2. The fraction of sp³-hybridized carbons (Fsp3) is 0.585. The van der Waals surface area contributed by atoms with Crippen molar-refractivity contribution in [3.8, 4) is 0 Å². The predicted molar refractivity (Wildman–Crippen MR) is 181 cm³/mol. The fourth-order valence-corrected chi connectivity index (χ4v) is 10.6. The molecule has 1 heterocycles. The molecule has 7 rings (SSSR count). The van der Waals surface area contributed by atoms with E-state index in [1.54, 1.807) is 30.3 Å². The van der Waals surface area contributed by atoms with Gasteiger partial charge >= 0.3 is 11.9 Å². The third-order valence-electron chi connectivity index (χ3n) is 13.4. The van der Waals surface area contributed by atoms with Crippen LogP contribution in [0.5, 0.6) is 0 Å². The second kappa shape index (κ2) is 12.5. The second-order valence-corrected chi connectivity index (χ2v) is 16.0. The normalized spacial score (nSPS) is 38.9. The van der Waals surface area contributed by atoms with Gasteiger partial charge in [-0.1, -0.05) is 64.1 Å². The number of carbonyl (C=O) groups is 3. The molecule has 4 fully saturated rings. The maximum Gasteiger partial charge on any atom is 0.338 e. The van der Waals surface area contributed by atoms with Gasteiger partial charge in [-0.15, -0.1) is 0 Å². The summed E-state index contributed by atoms with van der Waals surface area (Å²) in [6.07, 6.45) is 7.68. The molecule has 7 unspecified atom stereocenters. The van der Waals surface area contributed by atoms with E-state index in [0.717, 1.165) is 44.1 Å². The molecular weight excluding hydrogens is 604 g/mol. The molecule has 3 saturated carbocycles. The number of hydrogen-bond donors (Lipinski definition) is 1. The van der Waals surface area contributed by atoms with Crippen LogP contribution in [0.2, 0.25) is 0 Å². The molecule has 1 aliphatic heterocycles. The first-order valence-electron chi connectivity index (χ1n) is 18.1. The Balaban J connectivity index is 1.00. The number of fused-ring (bicyclic) bond motifs is 7. The van der Waals surface area contributed by atoms with E-state index in [1.807, 2.05) is 36.4 Å². The third kappa shape index (κ3) is 5.45. The van der Waals surface area contributed by atoms with Crippen LogP contribution in [0.25, 0.3) is 0 Å². The maximum atomic E-state index is 13.9. The molecule has 1 saturated heterocycles. The van der Waals surface area contributed by atoms with Gasteiger partial charge in [0.1, 0.15) is 6.10 Å². The first-order valence-corrected chi connectivity index (χ1v) is 18.1. The van der Waals surface area contributed by atoms with Gasteiger partial charge < -0.3 is 19.3 Å². The molecule has 256 valence electrons. The average molecular weight is 655 g/mol. The van der Waals surface area contributed by atoms with Crippen LogP contribution in [0.4, 0.5) is 0 Å². The monoisotopic (exact) mass is 654 g/mol. The van der Waals surface area contributed by atoms with Crippen molar-refractivity contribution in [3.05, 3.63) is 83.4 Å². The Morgan fingerprint density at radius 2 is 1.62 bits per heavy atom. The number of esters is 2. The van der Waals surface area contributed by atoms with Gasteiger partial charge in [-0.05, 0) is 110 Å². The van der Waals surface area contributed by atoms with Crippen molar-refractivity contribution >= 4 is 17.7 Å². The average Bonchev–Trinajstić information content (AvgIpc) is 3.52. The molecule has 1 N–H and O–H groups in total. The number of ketones is 1. The van der Waals surface area contributed by atoms with Crippen molar-refractivity contribution in [2.75, 3.05) is 6.61 Å². The Bertz CT molecular complexity index is 1570. The van der Waals surface area contributed by atoms with Crippen LogP contribution in [0.1, 0.15) is 99.8 Å². The Morgan fingerprint density at radius 3 is 2.31 bits per heavy atom. The van der Waals surface area contributed by atoms with Gasteiger partial charge in [0.25, 0.3) is 0 Å². The van der Waals surface area contributed by atoms with Crippen molar-refractivity contribution in [3.63, 3.8) is 0 Å². The van der Waals surface area contributed by atoms with E-state index in [-0.39, 0.29) is 76.5 Å². The zero-order chi connectivity index (χ0) is 33.8. The minimum Gasteiger partial charge on any atom is -0.462 e. The Morgan fingerprint density at radius 1 is 0.958 bits per heavy atom. The van der Waals surface area contributed by atoms with E-state index in [1.165, 1.54) is 0 Å². The molecule has 2 aromatic rings. The summed E-state index contributed by atoms with van der Waals surface area (Å²) < 4.78 is 18.3. The molecule has 0 spiro atoms. The van der Waals surface area contributed by atoms with E-state index in [0.29, 0.717) is 30.6 Å². The summed E-state index contributed by atoms with van der Waals surface area (Å²) in [5.74, 6) is 0.00719. The number of ether oxygens (including phenoxy) is 3. The molecule has 11 atom stereocenters. The molecule has 0 radical (unpaired) electrons. The van der Waals surface area contributed by atoms with Gasteiger partial charge in [0.15, 0.2) is 5.78 Å². The lowest BCUT2D eigenvalue weighted by molar-refractivity contribution is -0.142. The maximum absolute atomic E-state index is 13.9. The minimum atomic E-state index is -1.08. The predicted octanol–water partition coefficient (Wildman–Crippen LogP) is 7.37. The highest BCUT2D eigenvalue weighted by Crippen LogP contribution is 2.70. The van der Waals surface area contributed by atoms with Crippen LogP contribution >= 0.6 is 0 Å². The summed E-state index contributed by atoms with van der Waals surface area (Å²) in [5.41, 5.74) is 0.287. The van der Waals surface area contributed by atoms with E-state index in [2.05, 4.69) is 27.7 Å². The summed E-state index contributed by atoms with van der Waals surface area (Å²) in [4.78, 5) is 39.1. The summed E-state index contributed by atoms with van der Waals surface area (Å²) in [7, 11) is 0. The van der Waals surface area contributed by atoms with E-state index in [4.69, 9.17) is 14.2 Å². The van der Waals surface area contributed by atoms with Crippen LogP contribution in [0, 0.1) is 40.4 Å². The van der Waals surface area contributed by atoms with Gasteiger partial charge in [-0.2, -0.15) is 0 Å². The zero-order valence-electron chi connectivity index (χ0n) is 28.7. The topological polar surface area (TPSA) is 99.1 Å². The molecule has 0 aromatic heterocycles. The SMILES string of the molecule is CC(CCC1OC2C[C@@]3(O)C4=CC(=O)C5CC(OC(=O)c6ccccc6)CC[C@]5(C)C4CC[C@]3(C)C2[C@@H]1C)COC(=O)c1ccccc1. The zero-order valence-corrected chi connectivity index (χ0v) is 28.7. The van der Waals surface area contributed by atoms with Gasteiger partial charge in [-0.25, -0.2) is 9.59 Å². The van der Waals surface area contributed by atoms with Crippen LogP contribution in [0.3, 0.4) is 0 Å². The van der Waals surface area contributed by atoms with Crippen LogP contribution in [0.15, 0.2) is 72.3 Å². The van der Waals surface area contributed by atoms with Gasteiger partial charge in [-0.3, -0.25) is 4.79 Å². The number of rotatable bonds is 8. The Labute approximate surface area is 284 Å². The third-order valence-corrected chi connectivity index (χ3v) is 13.4. The summed E-state index contributed by atoms with van der Waals surface area (Å²) >= 11 is 0. The largest absolute Gasteiger partial charge is 0.462 e. The lowest BCUT2D eigenvalue weighted by Crippen LogP contribution is -2.59. The van der Waals surface area contributed by atoms with Crippen LogP contribution in [-0.4, -0.2) is 53.3 Å². The van der Waals surface area contributed by atoms with E-state index < -0.39 is 5.60 Å². The number of hydrogen-bond acceptors (Lipinski definition) is 7. The van der Waals surface area contributed by atoms with Crippen molar-refractivity contribution in [1.29, 1.82) is 0 Å². The number of aliphatic hydroxyl groups is 1. The van der Waals surface area contributed by atoms with E-state index >= 15 is 0 Å². The van der Waals surface area contributed by atoms with Crippen molar-refractivity contribution in [2.24, 2.45) is 40.4 Å². The highest BCUT2D eigenvalue weighted by molar-refractivity contribution is 5.95. The molecule has 0 bridgehead atoms. The second-order valence-electron chi connectivity index (χ2n) is 16.0. The molecule has 5 aliphatic rings. The van der Waals surface area contributed by atoms with Crippen LogP contribution < -0.4 is 0 Å². The molecule has 4 aliphatic carbocycles. The first-order chi connectivity index (χ1) is 22.9. The number of carbonyl (C=O) groups excluding carboxylic acids is 3. The smallest absolute Gasteiger partial charge is 0.338 e. The number of allylic oxidation sites excluding steroid dienone is 1. The van der Waals surface area contributed by atoms with Gasteiger partial charge in [0.2, 0.25) is 0 Å². The quantitative estimate of drug-likeness (QED) is 0.297. The van der Waals surface area contributed by atoms with Crippen molar-refractivity contribution in [1.82, 2.24) is 0 Å². The van der Waals surface area contributed by atoms with Crippen LogP contribution in [-0.2, 0) is 19.0 Å². The summed E-state index contributed by atoms with van der Waals surface area (Å²) in [6, 6.07) is 18.1. The summed E-state index contributed by atoms with van der Waals surface area (Å²) in [6.45, 7) is 9.23. The Hall–Kier alpha value is -3.29. The molecule has 7 heteroatoms. The van der Waals surface area contributed by atoms with Crippen molar-refractivity contribution < 1.29 is 33.7 Å². The molecule has 2 aromatic carbocycles. The molecule has 7 nitrogen and oxygen atoms in total. The fourth-order valence-electron chi connectivity index (χ4n) is 10.6. The standard InChI is InChI=1S/C41H50O7/c1-25(24-46-37(43)27-11-7-5-8-12-27)15-16-34-26(2)36-35(48-34)23-41(45)31-22-33(42)32-21-29(47-38(44)28-13-9-6-10-14-28)17-19-39(32,3)30(31)18-20-40(36,41)4/h5-14,22,25-26,29-30,32,34-36,45H,15-21,23-24H2,1-4H3/t25?,26-,29?,30?,32?,34?,35?,36?,39-,40-,41-/m1/s1. The highest BCUT2D eigenvalue weighted by atomic mass is 16.5. The lowest BCUT2D eigenvalue weighted by atomic mass is 9.46. The molecular formula is C41H50O7. The minimum absolute atomic E-state index is 0.0559. The molecule has 48 heavy (non-hydrogen) atoms. The van der Waals surface area contributed by atoms with Crippen molar-refractivity contribution in [2.45, 2.75) is 103 Å². The first kappa shape index (κ1) is 33.2. The van der Waals surface area contributed by atoms with Gasteiger partial charge in [0, 0.05) is 17.8 Å². The lowest BCUT2D eigenvalue weighted by Gasteiger charge is -2.59.